The normalized spacial score (nSPS) is 14.0. The third-order valence-corrected chi connectivity index (χ3v) is 18.5. The first kappa shape index (κ1) is 82.8. The van der Waals surface area contributed by atoms with Gasteiger partial charge >= 0.3 is 0 Å². The lowest BCUT2D eigenvalue weighted by molar-refractivity contribution is -0.120. The Bertz CT molecular complexity index is 4690. The Morgan fingerprint density at radius 3 is 1.06 bits per heavy atom. The number of ether oxygens (including phenoxy) is 1. The molecule has 0 saturated heterocycles. The predicted molar refractivity (Wildman–Crippen MR) is 395 cm³/mol. The van der Waals surface area contributed by atoms with Crippen LogP contribution in [0.4, 0.5) is 4.39 Å². The summed E-state index contributed by atoms with van der Waals surface area (Å²) in [6.45, 7) is 18.5. The molecule has 106 heavy (non-hydrogen) atoms. The minimum atomic E-state index is -0.661. The lowest BCUT2D eigenvalue weighted by Gasteiger charge is -2.24. The molecule has 0 saturated carbocycles. The molecule has 0 radical (unpaired) electrons. The molecule has 10 heterocycles. The second-order valence-electron chi connectivity index (χ2n) is 26.9. The van der Waals surface area contributed by atoms with Gasteiger partial charge in [0.25, 0.3) is 29.5 Å². The highest BCUT2D eigenvalue weighted by atomic mass is 19.1. The summed E-state index contributed by atoms with van der Waals surface area (Å²) < 4.78 is 28.2. The number of amides is 10. The van der Waals surface area contributed by atoms with Crippen LogP contribution in [0.3, 0.4) is 0 Å². The van der Waals surface area contributed by atoms with Gasteiger partial charge in [0.2, 0.25) is 29.5 Å². The summed E-state index contributed by atoms with van der Waals surface area (Å²) in [5, 5.41) is 11.0. The zero-order chi connectivity index (χ0) is 77.6. The van der Waals surface area contributed by atoms with Gasteiger partial charge in [0.1, 0.15) is 33.6 Å². The van der Waals surface area contributed by atoms with E-state index >= 15 is 0 Å². The summed E-state index contributed by atoms with van der Waals surface area (Å²) in [7, 11) is 5.54. The van der Waals surface area contributed by atoms with Crippen molar-refractivity contribution in [2.75, 3.05) is 34.4 Å². The number of nitrogens with zero attached hydrogens (tertiary/aromatic N) is 6. The topological polar surface area (TPSA) is 353 Å². The fourth-order valence-electron chi connectivity index (χ4n) is 13.3. The first-order valence-corrected chi connectivity index (χ1v) is 36.5. The van der Waals surface area contributed by atoms with E-state index in [-0.39, 0.29) is 117 Å². The summed E-state index contributed by atoms with van der Waals surface area (Å²) in [5.74, 6) is -5.14. The highest BCUT2D eigenvalue weighted by Crippen LogP contribution is 2.23. The van der Waals surface area contributed by atoms with Gasteiger partial charge in [-0.05, 0) is 96.5 Å². The number of aromatic nitrogens is 5. The number of fused-ring (bicyclic) bond motifs is 5. The lowest BCUT2D eigenvalue weighted by atomic mass is 10.0. The van der Waals surface area contributed by atoms with Crippen LogP contribution in [0.2, 0.25) is 0 Å². The molecule has 568 valence electrons. The first-order chi connectivity index (χ1) is 50.6. The molecule has 10 amide bonds. The summed E-state index contributed by atoms with van der Waals surface area (Å²) in [4.78, 5) is 181. The Morgan fingerprint density at radius 2 is 0.708 bits per heavy atom. The van der Waals surface area contributed by atoms with Crippen LogP contribution in [0.5, 0.6) is 0 Å². The van der Waals surface area contributed by atoms with Gasteiger partial charge in [-0.25, -0.2) is 4.39 Å². The van der Waals surface area contributed by atoms with Gasteiger partial charge in [0, 0.05) is 134 Å². The maximum absolute atomic E-state index is 13.5. The van der Waals surface area contributed by atoms with Crippen LogP contribution in [-0.2, 0) is 119 Å². The van der Waals surface area contributed by atoms with E-state index in [1.807, 2.05) is 62.6 Å². The molecule has 5 aliphatic rings. The van der Waals surface area contributed by atoms with Crippen molar-refractivity contribution in [2.45, 2.75) is 210 Å². The molecular weight excluding hydrogens is 1370 g/mol. The molecule has 0 bridgehead atoms. The number of halogens is 1. The fourth-order valence-corrected chi connectivity index (χ4v) is 13.3. The number of carbonyl (C=O) groups is 10. The standard InChI is InChI=1S/C19H19FN2O3.C16H23N3O3.C15H20N2O4.C15H20N2O3.C13H16N2O3/c1-2-3-7-14-9-16(23)18-15(10-17(24)21-19(18)25)22(14)11-12-5-4-6-13(20)8-12;1-4-5-6-11-9-13(20)15-12(10-14(21)17-16(15)22)19(11)8-7-18(2)3;1-3-4-5-10-8-12(18)14-11(17(10)6-7-21-2)9-13(19)16-15(14)20;1-3-5-7-17-10(6-4-2)8-12(18)14-11(17)9-13(19)16-15(14)20;1-3-4-5-15-8(2)6-10(16)12-9(15)7-11(17)14-13(12)18/h4-6,8-9H,2-3,7,10-11H2,1H3,(H,21,24,25);9H,4-8,10H2,1-3H3,(H,17,21,22);8H,3-7,9H2,1-2H3,(H,16,19,20);8H,3-7,9H2,1-2H3,(H,16,19,20);6H,3-5,7H2,1-2H3,(H,14,17,18). The average molecular weight is 1460 g/mol. The van der Waals surface area contributed by atoms with Crippen LogP contribution in [-0.4, -0.2) is 121 Å². The molecule has 6 aromatic rings. The number of aryl methyl sites for hydroxylation is 5. The second-order valence-corrected chi connectivity index (χ2v) is 26.9. The number of imide groups is 5. The molecule has 0 fully saturated rings. The lowest BCUT2D eigenvalue weighted by Crippen LogP contribution is -2.43. The van der Waals surface area contributed by atoms with Gasteiger partial charge in [-0.15, -0.1) is 0 Å². The van der Waals surface area contributed by atoms with Crippen LogP contribution in [0.25, 0.3) is 0 Å². The highest BCUT2D eigenvalue weighted by molar-refractivity contribution is 6.12. The zero-order valence-corrected chi connectivity index (χ0v) is 62.4. The van der Waals surface area contributed by atoms with Crippen molar-refractivity contribution in [3.8, 4) is 0 Å². The van der Waals surface area contributed by atoms with Crippen LogP contribution < -0.4 is 53.7 Å². The third-order valence-electron chi connectivity index (χ3n) is 18.5. The summed E-state index contributed by atoms with van der Waals surface area (Å²) in [6.07, 6.45) is 13.9. The van der Waals surface area contributed by atoms with E-state index in [0.717, 1.165) is 138 Å². The van der Waals surface area contributed by atoms with Crippen molar-refractivity contribution in [1.82, 2.24) is 54.3 Å². The number of hydrogen-bond donors (Lipinski definition) is 5. The van der Waals surface area contributed by atoms with Crippen molar-refractivity contribution >= 4 is 59.1 Å². The van der Waals surface area contributed by atoms with Gasteiger partial charge in [-0.1, -0.05) is 92.2 Å². The Balaban J connectivity index is 0.000000186. The quantitative estimate of drug-likeness (QED) is 0.0436. The Morgan fingerprint density at radius 1 is 0.387 bits per heavy atom. The zero-order valence-electron chi connectivity index (χ0n) is 62.4. The van der Waals surface area contributed by atoms with Crippen molar-refractivity contribution in [3.05, 3.63) is 202 Å². The minimum Gasteiger partial charge on any atom is -0.383 e. The molecular formula is C78H98FN11O16. The van der Waals surface area contributed by atoms with E-state index in [9.17, 15) is 76.3 Å². The molecule has 11 rings (SSSR count). The number of pyridine rings is 5. The molecule has 0 spiro atoms. The molecule has 28 heteroatoms. The van der Waals surface area contributed by atoms with E-state index in [1.54, 1.807) is 31.4 Å². The fraction of sp³-hybridized carbons (Fsp3) is 0.474. The van der Waals surface area contributed by atoms with Gasteiger partial charge in [0.15, 0.2) is 27.1 Å². The van der Waals surface area contributed by atoms with Crippen LogP contribution >= 0.6 is 0 Å². The number of hydrogen-bond acceptors (Lipinski definition) is 17. The summed E-state index contributed by atoms with van der Waals surface area (Å²) >= 11 is 0. The van der Waals surface area contributed by atoms with E-state index in [0.29, 0.717) is 66.7 Å². The third kappa shape index (κ3) is 20.9. The Kier molecular flexibility index (Phi) is 30.5. The molecule has 0 aliphatic carbocycles. The maximum atomic E-state index is 13.5. The molecule has 1 aromatic carbocycles. The molecule has 0 unspecified atom stereocenters. The molecule has 5 aromatic heterocycles. The number of benzene rings is 1. The predicted octanol–water partition coefficient (Wildman–Crippen LogP) is 5.59. The van der Waals surface area contributed by atoms with E-state index < -0.39 is 35.4 Å². The van der Waals surface area contributed by atoms with E-state index in [1.165, 1.54) is 30.3 Å². The number of nitrogens with one attached hydrogen (secondary N) is 5. The maximum Gasteiger partial charge on any atom is 0.263 e. The van der Waals surface area contributed by atoms with Crippen LogP contribution in [0.15, 0.2) is 78.6 Å². The number of rotatable bonds is 25. The van der Waals surface area contributed by atoms with Crippen molar-refractivity contribution in [1.29, 1.82) is 0 Å². The minimum absolute atomic E-state index is 0.0104. The monoisotopic (exact) mass is 1460 g/mol. The number of carbonyl (C=O) groups excluding carboxylic acids is 10. The summed E-state index contributed by atoms with van der Waals surface area (Å²) in [5.41, 5.74) is 6.54. The van der Waals surface area contributed by atoms with Gasteiger partial charge in [0.05, 0.1) is 38.7 Å². The van der Waals surface area contributed by atoms with Gasteiger partial charge in [-0.3, -0.25) is 98.5 Å². The molecule has 5 aliphatic heterocycles. The van der Waals surface area contributed by atoms with Gasteiger partial charge < -0.3 is 32.5 Å². The van der Waals surface area contributed by atoms with E-state index in [2.05, 4.69) is 54.3 Å². The number of unbranched alkanes of at least 4 members (excludes halogenated alkanes) is 5. The van der Waals surface area contributed by atoms with Gasteiger partial charge in [-0.2, -0.15) is 0 Å². The highest BCUT2D eigenvalue weighted by Gasteiger charge is 2.34. The first-order valence-electron chi connectivity index (χ1n) is 36.5. The van der Waals surface area contributed by atoms with Crippen molar-refractivity contribution < 1.29 is 57.1 Å². The Hall–Kier alpha value is -10.5. The van der Waals surface area contributed by atoms with Crippen molar-refractivity contribution in [2.24, 2.45) is 0 Å². The average Bonchev–Trinajstić information content (AvgIpc) is 0.802. The smallest absolute Gasteiger partial charge is 0.263 e. The van der Waals surface area contributed by atoms with Crippen molar-refractivity contribution in [3.63, 3.8) is 0 Å². The number of methoxy groups -OCH3 is 1. The SMILES string of the molecule is CCCCc1cc(=O)c2c(n1CCN(C)C)CC(=O)NC2=O.CCCCc1cc(=O)c2c(n1CCOC)CC(=O)NC2=O.CCCCc1cc(=O)c2c(n1Cc1cccc(F)c1)CC(=O)NC2=O.CCCCn1c(C)cc(=O)c2c1CC(=O)NC2=O.CCCCn1c(CCC)cc(=O)c2c1CC(=O)NC2=O. The van der Waals surface area contributed by atoms with E-state index in [4.69, 9.17) is 4.74 Å². The molecule has 27 nitrogen and oxygen atoms in total. The molecule has 5 N–H and O–H groups in total. The van der Waals surface area contributed by atoms with Crippen LogP contribution in [0.1, 0.15) is 226 Å². The molecule has 0 atom stereocenters. The largest absolute Gasteiger partial charge is 0.383 e. The Labute approximate surface area is 613 Å². The number of likely N-dealkylation sites (N-methyl/N-ethyl adjacent to an activating group) is 1. The van der Waals surface area contributed by atoms with Crippen LogP contribution in [0, 0.1) is 12.7 Å². The summed E-state index contributed by atoms with van der Waals surface area (Å²) in [6, 6.07) is 13.7. The second kappa shape index (κ2) is 39.0.